The van der Waals surface area contributed by atoms with E-state index in [9.17, 15) is 14.4 Å². The molecule has 4 heterocycles. The minimum Gasteiger partial charge on any atom is -0.369 e. The third-order valence-corrected chi connectivity index (χ3v) is 7.23. The fraction of sp³-hybridized carbons (Fsp3) is 0.240. The lowest BCUT2D eigenvalue weighted by molar-refractivity contribution is -0.119. The number of fused-ring (bicyclic) bond motifs is 2. The van der Waals surface area contributed by atoms with Crippen LogP contribution < -0.4 is 22.3 Å². The van der Waals surface area contributed by atoms with Gasteiger partial charge in [0.2, 0.25) is 11.9 Å². The number of anilines is 2. The van der Waals surface area contributed by atoms with Gasteiger partial charge < -0.3 is 20.6 Å². The zero-order chi connectivity index (χ0) is 26.0. The number of primary amides is 1. The highest BCUT2D eigenvalue weighted by molar-refractivity contribution is 6.35. The van der Waals surface area contributed by atoms with Crippen molar-refractivity contribution in [1.82, 2.24) is 28.7 Å². The number of nitrogens with two attached hydrogens (primary N) is 1. The normalized spacial score (nSPS) is 16.9. The van der Waals surface area contributed by atoms with Gasteiger partial charge in [0.25, 0.3) is 5.56 Å². The minimum atomic E-state index is -0.488. The van der Waals surface area contributed by atoms with Crippen LogP contribution in [0.3, 0.4) is 0 Å². The largest absolute Gasteiger partial charge is 0.369 e. The van der Waals surface area contributed by atoms with E-state index >= 15 is 0 Å². The molecule has 1 saturated carbocycles. The monoisotopic (exact) mass is 518 g/mol. The fourth-order valence-electron chi connectivity index (χ4n) is 4.80. The Morgan fingerprint density at radius 1 is 1.16 bits per heavy atom. The van der Waals surface area contributed by atoms with Gasteiger partial charge in [0.15, 0.2) is 11.2 Å². The molecule has 2 atom stereocenters. The van der Waals surface area contributed by atoms with Gasteiger partial charge in [-0.2, -0.15) is 4.98 Å². The van der Waals surface area contributed by atoms with Crippen LogP contribution in [-0.4, -0.2) is 34.6 Å². The number of carbonyl (C=O) groups is 1. The first-order valence-electron chi connectivity index (χ1n) is 11.7. The maximum absolute atomic E-state index is 13.5. The van der Waals surface area contributed by atoms with Crippen molar-refractivity contribution in [2.45, 2.75) is 18.9 Å². The van der Waals surface area contributed by atoms with E-state index in [4.69, 9.17) is 17.3 Å². The lowest BCUT2D eigenvalue weighted by Crippen LogP contribution is -2.39. The predicted octanol–water partition coefficient (Wildman–Crippen LogP) is 2.34. The number of benzene rings is 1. The van der Waals surface area contributed by atoms with E-state index in [1.807, 2.05) is 30.3 Å². The SMILES string of the molecule is Cn1c(Nc2cccc(C3CC3C(N)=O)n2)nc2c1c(=O)n(Cc1cc3c(Cl)cccc3[nH]1)c(=O)n2C. The smallest absolute Gasteiger partial charge is 0.332 e. The van der Waals surface area contributed by atoms with Crippen LogP contribution in [0.25, 0.3) is 22.1 Å². The second-order valence-electron chi connectivity index (χ2n) is 9.32. The number of H-pyrrole nitrogens is 1. The number of amides is 1. The third kappa shape index (κ3) is 3.78. The Bertz CT molecular complexity index is 1850. The zero-order valence-corrected chi connectivity index (χ0v) is 20.8. The van der Waals surface area contributed by atoms with Crippen molar-refractivity contribution in [3.05, 3.63) is 79.7 Å². The summed E-state index contributed by atoms with van der Waals surface area (Å²) in [5, 5.41) is 4.54. The van der Waals surface area contributed by atoms with Gasteiger partial charge in [0.05, 0.1) is 6.54 Å². The molecule has 1 aliphatic carbocycles. The average molecular weight is 519 g/mol. The number of halogens is 1. The summed E-state index contributed by atoms with van der Waals surface area (Å²) in [7, 11) is 3.28. The predicted molar refractivity (Wildman–Crippen MR) is 140 cm³/mol. The summed E-state index contributed by atoms with van der Waals surface area (Å²) in [5.74, 6) is 0.343. The molecule has 188 valence electrons. The van der Waals surface area contributed by atoms with Crippen LogP contribution in [0.1, 0.15) is 23.7 Å². The molecule has 12 heteroatoms. The maximum atomic E-state index is 13.5. The molecule has 1 aliphatic rings. The number of rotatable bonds is 6. The number of nitrogens with one attached hydrogen (secondary N) is 2. The molecule has 4 aromatic heterocycles. The van der Waals surface area contributed by atoms with Crippen LogP contribution in [-0.2, 0) is 25.4 Å². The first-order chi connectivity index (χ1) is 17.7. The van der Waals surface area contributed by atoms with Crippen molar-refractivity contribution in [3.8, 4) is 0 Å². The number of aryl methyl sites for hydroxylation is 2. The molecule has 11 nitrogen and oxygen atoms in total. The number of aromatic nitrogens is 6. The van der Waals surface area contributed by atoms with E-state index < -0.39 is 11.2 Å². The molecular formula is C25H23ClN8O3. The Balaban J connectivity index is 1.37. The first-order valence-corrected chi connectivity index (χ1v) is 12.1. The molecule has 0 aliphatic heterocycles. The molecular weight excluding hydrogens is 496 g/mol. The molecule has 6 rings (SSSR count). The standard InChI is InChI=1S/C25H23ClN8O3/c1-32-20-22(31-24(32)30-19-8-4-7-17(29-19)13-10-14(13)21(27)35)33(2)25(37)34(23(20)36)11-12-9-15-16(26)5-3-6-18(15)28-12/h3-9,13-14,28H,10-11H2,1-2H3,(H2,27,35)(H,29,30,31). The van der Waals surface area contributed by atoms with Gasteiger partial charge in [-0.1, -0.05) is 23.7 Å². The van der Waals surface area contributed by atoms with Crippen LogP contribution >= 0.6 is 11.6 Å². The van der Waals surface area contributed by atoms with E-state index in [2.05, 4.69) is 20.3 Å². The molecule has 0 radical (unpaired) electrons. The lowest BCUT2D eigenvalue weighted by Gasteiger charge is -2.08. The Morgan fingerprint density at radius 2 is 1.95 bits per heavy atom. The molecule has 1 aromatic carbocycles. The van der Waals surface area contributed by atoms with Crippen molar-refractivity contribution in [2.24, 2.45) is 25.7 Å². The van der Waals surface area contributed by atoms with Crippen molar-refractivity contribution in [2.75, 3.05) is 5.32 Å². The molecule has 4 N–H and O–H groups in total. The van der Waals surface area contributed by atoms with Crippen LogP contribution in [0.2, 0.25) is 5.02 Å². The molecule has 0 bridgehead atoms. The van der Waals surface area contributed by atoms with E-state index in [1.54, 1.807) is 30.8 Å². The maximum Gasteiger partial charge on any atom is 0.332 e. The molecule has 0 spiro atoms. The highest BCUT2D eigenvalue weighted by atomic mass is 35.5. The van der Waals surface area contributed by atoms with Gasteiger partial charge in [-0.05, 0) is 36.8 Å². The second-order valence-corrected chi connectivity index (χ2v) is 9.73. The second kappa shape index (κ2) is 8.34. The van der Waals surface area contributed by atoms with E-state index in [0.29, 0.717) is 28.9 Å². The van der Waals surface area contributed by atoms with Crippen molar-refractivity contribution >= 4 is 51.3 Å². The van der Waals surface area contributed by atoms with Crippen LogP contribution in [0.5, 0.6) is 0 Å². The number of aromatic amines is 1. The summed E-state index contributed by atoms with van der Waals surface area (Å²) in [6, 6.07) is 12.8. The summed E-state index contributed by atoms with van der Waals surface area (Å²) in [6.07, 6.45) is 0.683. The number of hydrogen-bond donors (Lipinski definition) is 3. The summed E-state index contributed by atoms with van der Waals surface area (Å²) in [5.41, 5.74) is 7.25. The van der Waals surface area contributed by atoms with E-state index in [1.165, 1.54) is 9.13 Å². The van der Waals surface area contributed by atoms with Gasteiger partial charge in [-0.3, -0.25) is 18.7 Å². The number of pyridine rings is 1. The van der Waals surface area contributed by atoms with Gasteiger partial charge >= 0.3 is 5.69 Å². The van der Waals surface area contributed by atoms with E-state index in [0.717, 1.165) is 16.6 Å². The van der Waals surface area contributed by atoms with Gasteiger partial charge in [-0.15, -0.1) is 0 Å². The summed E-state index contributed by atoms with van der Waals surface area (Å²) < 4.78 is 4.12. The van der Waals surface area contributed by atoms with Crippen molar-refractivity contribution < 1.29 is 4.79 Å². The molecule has 5 aromatic rings. The van der Waals surface area contributed by atoms with Crippen molar-refractivity contribution in [3.63, 3.8) is 0 Å². The molecule has 0 saturated heterocycles. The lowest BCUT2D eigenvalue weighted by atomic mass is 10.2. The first kappa shape index (κ1) is 23.0. The zero-order valence-electron chi connectivity index (χ0n) is 20.0. The average Bonchev–Trinajstić information content (AvgIpc) is 3.48. The highest BCUT2D eigenvalue weighted by Gasteiger charge is 2.43. The van der Waals surface area contributed by atoms with Crippen LogP contribution in [0.4, 0.5) is 11.8 Å². The Morgan fingerprint density at radius 3 is 2.68 bits per heavy atom. The molecule has 37 heavy (non-hydrogen) atoms. The number of hydrogen-bond acceptors (Lipinski definition) is 6. The van der Waals surface area contributed by atoms with Gasteiger partial charge in [0, 0.05) is 53.2 Å². The Kier molecular flexibility index (Phi) is 5.19. The van der Waals surface area contributed by atoms with Crippen LogP contribution in [0.15, 0.2) is 52.1 Å². The number of carbonyl (C=O) groups excluding carboxylic acids is 1. The quantitative estimate of drug-likeness (QED) is 0.314. The van der Waals surface area contributed by atoms with Crippen LogP contribution in [0, 0.1) is 5.92 Å². The highest BCUT2D eigenvalue weighted by Crippen LogP contribution is 2.46. The summed E-state index contributed by atoms with van der Waals surface area (Å²) >= 11 is 6.28. The Hall–Kier alpha value is -4.38. The number of imidazole rings is 1. The van der Waals surface area contributed by atoms with E-state index in [-0.39, 0.29) is 35.5 Å². The van der Waals surface area contributed by atoms with Crippen molar-refractivity contribution in [1.29, 1.82) is 0 Å². The molecule has 2 unspecified atom stereocenters. The fourth-order valence-corrected chi connectivity index (χ4v) is 5.03. The minimum absolute atomic E-state index is 0.00670. The number of nitrogens with zero attached hydrogens (tertiary/aromatic N) is 5. The molecule has 1 amide bonds. The topological polar surface area (TPSA) is 146 Å². The molecule has 1 fully saturated rings. The summed E-state index contributed by atoms with van der Waals surface area (Å²) in [6.45, 7) is 0.0480. The van der Waals surface area contributed by atoms with Gasteiger partial charge in [0.1, 0.15) is 5.82 Å². The Labute approximate surface area is 214 Å². The van der Waals surface area contributed by atoms with Gasteiger partial charge in [-0.25, -0.2) is 9.78 Å². The third-order valence-electron chi connectivity index (χ3n) is 6.90. The summed E-state index contributed by atoms with van der Waals surface area (Å²) in [4.78, 5) is 50.4.